The zero-order valence-electron chi connectivity index (χ0n) is 23.0. The maximum Gasteiger partial charge on any atom is 0.411 e. The Morgan fingerprint density at radius 1 is 1.14 bits per heavy atom. The molecule has 1 aromatic heterocycles. The molecule has 2 unspecified atom stereocenters. The molecule has 2 aliphatic heterocycles. The normalized spacial score (nSPS) is 20.8. The van der Waals surface area contributed by atoms with Crippen molar-refractivity contribution in [3.63, 3.8) is 0 Å². The standard InChI is InChI=1S/C30H29ClF2N4O5/c1-16-4-3-5-24(37-13-11-25(42-30(37)40)26-21(32)9-8-20(31)27(26)33)17-10-12-34-22(14-17)19-7-6-18(35-29(39)41-2)15-23(19)36-28(16)38/h6-10,12,14-16,24-25H,3-5,11,13H2,1-2H3,(H,35,39)(H,36,38)/t16-,24?,25?/m0/s1. The number of nitrogens with zero attached hydrogens (tertiary/aromatic N) is 2. The molecule has 220 valence electrons. The smallest absolute Gasteiger partial charge is 0.411 e. The van der Waals surface area contributed by atoms with Crippen LogP contribution < -0.4 is 10.6 Å². The average Bonchev–Trinajstić information content (AvgIpc) is 2.97. The molecule has 0 radical (unpaired) electrons. The number of rotatable bonds is 3. The third-order valence-corrected chi connectivity index (χ3v) is 7.90. The lowest BCUT2D eigenvalue weighted by atomic mass is 9.93. The number of hydrogen-bond acceptors (Lipinski definition) is 6. The molecule has 2 aromatic carbocycles. The second-order valence-corrected chi connectivity index (χ2v) is 10.7. The summed E-state index contributed by atoms with van der Waals surface area (Å²) in [6.07, 6.45) is 0.982. The van der Waals surface area contributed by atoms with E-state index in [-0.39, 0.29) is 35.4 Å². The first kappa shape index (κ1) is 29.2. The van der Waals surface area contributed by atoms with E-state index in [1.807, 2.05) is 19.1 Å². The number of benzene rings is 2. The van der Waals surface area contributed by atoms with E-state index in [9.17, 15) is 23.2 Å². The van der Waals surface area contributed by atoms with Crippen molar-refractivity contribution < 1.29 is 32.6 Å². The van der Waals surface area contributed by atoms with E-state index in [4.69, 9.17) is 16.3 Å². The highest BCUT2D eigenvalue weighted by Gasteiger charge is 2.36. The number of fused-ring (bicyclic) bond motifs is 4. The number of aromatic nitrogens is 1. The Bertz CT molecular complexity index is 1540. The summed E-state index contributed by atoms with van der Waals surface area (Å²) >= 11 is 5.86. The minimum absolute atomic E-state index is 0.159. The van der Waals surface area contributed by atoms with Gasteiger partial charge in [-0.3, -0.25) is 15.1 Å². The first-order valence-electron chi connectivity index (χ1n) is 13.5. The summed E-state index contributed by atoms with van der Waals surface area (Å²) in [6.45, 7) is 2.00. The maximum absolute atomic E-state index is 14.7. The van der Waals surface area contributed by atoms with Gasteiger partial charge < -0.3 is 19.7 Å². The van der Waals surface area contributed by atoms with E-state index in [2.05, 4.69) is 20.4 Å². The molecule has 2 bridgehead atoms. The summed E-state index contributed by atoms with van der Waals surface area (Å²) < 4.78 is 39.4. The lowest BCUT2D eigenvalue weighted by molar-refractivity contribution is -0.119. The van der Waals surface area contributed by atoms with E-state index < -0.39 is 36.0 Å². The van der Waals surface area contributed by atoms with Crippen molar-refractivity contribution in [2.45, 2.75) is 44.8 Å². The monoisotopic (exact) mass is 598 g/mol. The molecular formula is C30H29ClF2N4O5. The number of nitrogens with one attached hydrogen (secondary N) is 2. The van der Waals surface area contributed by atoms with Gasteiger partial charge in [0, 0.05) is 36.3 Å². The largest absolute Gasteiger partial charge is 0.453 e. The second kappa shape index (κ2) is 12.3. The number of anilines is 2. The van der Waals surface area contributed by atoms with E-state index >= 15 is 0 Å². The van der Waals surface area contributed by atoms with Crippen molar-refractivity contribution in [2.24, 2.45) is 5.92 Å². The van der Waals surface area contributed by atoms with Crippen LogP contribution in [0.2, 0.25) is 5.02 Å². The number of halogens is 3. The maximum atomic E-state index is 14.7. The fourth-order valence-electron chi connectivity index (χ4n) is 5.35. The molecule has 5 rings (SSSR count). The van der Waals surface area contributed by atoms with Crippen molar-refractivity contribution in [3.05, 3.63) is 76.4 Å². The predicted molar refractivity (Wildman–Crippen MR) is 152 cm³/mol. The highest BCUT2D eigenvalue weighted by Crippen LogP contribution is 2.39. The molecule has 0 aliphatic carbocycles. The van der Waals surface area contributed by atoms with Crippen molar-refractivity contribution >= 4 is 41.1 Å². The Hall–Kier alpha value is -4.25. The van der Waals surface area contributed by atoms with Gasteiger partial charge in [0.25, 0.3) is 0 Å². The van der Waals surface area contributed by atoms with Gasteiger partial charge >= 0.3 is 12.2 Å². The molecule has 9 nitrogen and oxygen atoms in total. The average molecular weight is 599 g/mol. The van der Waals surface area contributed by atoms with Crippen LogP contribution in [0.25, 0.3) is 11.3 Å². The van der Waals surface area contributed by atoms with E-state index in [0.717, 1.165) is 17.7 Å². The van der Waals surface area contributed by atoms with Crippen molar-refractivity contribution in [1.82, 2.24) is 9.88 Å². The Morgan fingerprint density at radius 2 is 1.95 bits per heavy atom. The van der Waals surface area contributed by atoms with Crippen LogP contribution in [-0.4, -0.2) is 41.6 Å². The van der Waals surface area contributed by atoms with Crippen LogP contribution in [0.5, 0.6) is 0 Å². The molecule has 42 heavy (non-hydrogen) atoms. The first-order valence-corrected chi connectivity index (χ1v) is 13.9. The minimum Gasteiger partial charge on any atom is -0.453 e. The number of ether oxygens (including phenoxy) is 2. The molecule has 2 N–H and O–H groups in total. The number of pyridine rings is 1. The Labute approximate surface area is 246 Å². The van der Waals surface area contributed by atoms with Gasteiger partial charge in [0.1, 0.15) is 11.9 Å². The summed E-state index contributed by atoms with van der Waals surface area (Å²) in [5.41, 5.74) is 2.45. The summed E-state index contributed by atoms with van der Waals surface area (Å²) in [5.74, 6) is -2.33. The molecule has 3 heterocycles. The van der Waals surface area contributed by atoms with Crippen molar-refractivity contribution in [1.29, 1.82) is 0 Å². The van der Waals surface area contributed by atoms with Gasteiger partial charge in [0.15, 0.2) is 5.82 Å². The van der Waals surface area contributed by atoms with Gasteiger partial charge in [-0.1, -0.05) is 24.9 Å². The topological polar surface area (TPSA) is 110 Å². The molecular weight excluding hydrogens is 570 g/mol. The molecule has 0 spiro atoms. The summed E-state index contributed by atoms with van der Waals surface area (Å²) in [5, 5.41) is 5.30. The lowest BCUT2D eigenvalue weighted by Gasteiger charge is -2.38. The van der Waals surface area contributed by atoms with Crippen molar-refractivity contribution in [2.75, 3.05) is 24.3 Å². The van der Waals surface area contributed by atoms with Crippen LogP contribution in [-0.2, 0) is 14.3 Å². The van der Waals surface area contributed by atoms with Crippen LogP contribution in [0.4, 0.5) is 29.7 Å². The fourth-order valence-corrected chi connectivity index (χ4v) is 5.51. The number of methoxy groups -OCH3 is 1. The van der Waals surface area contributed by atoms with Crippen LogP contribution >= 0.6 is 11.6 Å². The first-order chi connectivity index (χ1) is 20.2. The molecule has 1 fully saturated rings. The van der Waals surface area contributed by atoms with E-state index in [0.29, 0.717) is 41.9 Å². The zero-order valence-corrected chi connectivity index (χ0v) is 23.7. The van der Waals surface area contributed by atoms with Gasteiger partial charge in [-0.2, -0.15) is 0 Å². The van der Waals surface area contributed by atoms with Crippen LogP contribution in [0.1, 0.15) is 55.9 Å². The Morgan fingerprint density at radius 3 is 2.71 bits per heavy atom. The Kier molecular flexibility index (Phi) is 8.58. The summed E-state index contributed by atoms with van der Waals surface area (Å²) in [7, 11) is 1.25. The van der Waals surface area contributed by atoms with E-state index in [1.54, 1.807) is 29.3 Å². The van der Waals surface area contributed by atoms with Gasteiger partial charge in [0.05, 0.1) is 35.1 Å². The van der Waals surface area contributed by atoms with Crippen LogP contribution in [0.3, 0.4) is 0 Å². The van der Waals surface area contributed by atoms with Crippen LogP contribution in [0, 0.1) is 17.6 Å². The SMILES string of the molecule is COC(=O)Nc1ccc2c(c1)NC(=O)[C@@H](C)CCCC(N1CCC(c3c(F)ccc(Cl)c3F)OC1=O)c1ccnc-2c1. The number of carbonyl (C=O) groups excluding carboxylic acids is 3. The van der Waals surface area contributed by atoms with Gasteiger partial charge in [-0.25, -0.2) is 18.4 Å². The number of hydrogen-bond donors (Lipinski definition) is 2. The zero-order chi connectivity index (χ0) is 30.0. The van der Waals surface area contributed by atoms with Crippen LogP contribution in [0.15, 0.2) is 48.7 Å². The van der Waals surface area contributed by atoms with Crippen molar-refractivity contribution in [3.8, 4) is 11.3 Å². The third kappa shape index (κ3) is 6.01. The molecule has 12 heteroatoms. The van der Waals surface area contributed by atoms with Gasteiger partial charge in [-0.05, 0) is 60.9 Å². The molecule has 2 aliphatic rings. The second-order valence-electron chi connectivity index (χ2n) is 10.3. The van der Waals surface area contributed by atoms with Gasteiger partial charge in [0.2, 0.25) is 5.91 Å². The lowest BCUT2D eigenvalue weighted by Crippen LogP contribution is -2.42. The summed E-state index contributed by atoms with van der Waals surface area (Å²) in [4.78, 5) is 44.2. The third-order valence-electron chi connectivity index (χ3n) is 7.60. The molecule has 3 aromatic rings. The molecule has 3 atom stereocenters. The quantitative estimate of drug-likeness (QED) is 0.308. The molecule has 0 saturated carbocycles. The number of cyclic esters (lactones) is 1. The van der Waals surface area contributed by atoms with Gasteiger partial charge in [-0.15, -0.1) is 0 Å². The number of amides is 3. The minimum atomic E-state index is -1.12. The number of carbonyl (C=O) groups is 3. The summed E-state index contributed by atoms with van der Waals surface area (Å²) in [6, 6.07) is 10.4. The molecule has 3 amide bonds. The highest BCUT2D eigenvalue weighted by atomic mass is 35.5. The molecule has 1 saturated heterocycles. The Balaban J connectivity index is 1.48. The van der Waals surface area contributed by atoms with E-state index in [1.165, 1.54) is 7.11 Å². The fraction of sp³-hybridized carbons (Fsp3) is 0.333. The highest BCUT2D eigenvalue weighted by molar-refractivity contribution is 6.30. The predicted octanol–water partition coefficient (Wildman–Crippen LogP) is 7.24.